The van der Waals surface area contributed by atoms with Crippen molar-refractivity contribution < 1.29 is 44.5 Å². The molecule has 0 aliphatic rings. The van der Waals surface area contributed by atoms with Crippen LogP contribution in [-0.2, 0) is 27.0 Å². The highest BCUT2D eigenvalue weighted by Gasteiger charge is 2.36. The Kier molecular flexibility index (Phi) is 6.11. The van der Waals surface area contributed by atoms with Crippen LogP contribution in [0.5, 0.6) is 0 Å². The van der Waals surface area contributed by atoms with E-state index < -0.39 is 66.2 Å². The van der Waals surface area contributed by atoms with Gasteiger partial charge >= 0.3 is 12.4 Å². The minimum Gasteiger partial charge on any atom is -0.325 e. The van der Waals surface area contributed by atoms with Crippen LogP contribution >= 0.6 is 0 Å². The normalized spacial score (nSPS) is 12.5. The summed E-state index contributed by atoms with van der Waals surface area (Å²) in [5, 5.41) is 12.9. The molecule has 0 spiro atoms. The molecular weight excluding hydrogens is 446 g/mol. The highest BCUT2D eigenvalue weighted by molar-refractivity contribution is 7.92. The third kappa shape index (κ3) is 5.46. The number of halogens is 6. The Morgan fingerprint density at radius 2 is 1.53 bits per heavy atom. The Balaban J connectivity index is 2.31. The third-order valence-electron chi connectivity index (χ3n) is 3.61. The summed E-state index contributed by atoms with van der Waals surface area (Å²) in [6.07, 6.45) is -9.71. The third-order valence-corrected chi connectivity index (χ3v) is 5.27. The molecular formula is C16H10F6N2O5S. The SMILES string of the molecule is O=C(CS(=O)(=O)c1ccc(C(F)(F)F)cc1[N+](=O)[O-])Nc1cccc(C(F)(F)F)c1. The van der Waals surface area contributed by atoms with Crippen molar-refractivity contribution in [1.82, 2.24) is 0 Å². The molecule has 0 aromatic heterocycles. The van der Waals surface area contributed by atoms with Crippen molar-refractivity contribution in [2.75, 3.05) is 11.1 Å². The van der Waals surface area contributed by atoms with Crippen LogP contribution in [0.2, 0.25) is 0 Å². The molecule has 7 nitrogen and oxygen atoms in total. The first-order valence-electron chi connectivity index (χ1n) is 7.67. The molecule has 0 aliphatic carbocycles. The minimum absolute atomic E-state index is 0.0115. The van der Waals surface area contributed by atoms with Gasteiger partial charge in [0.05, 0.1) is 16.1 Å². The van der Waals surface area contributed by atoms with Crippen LogP contribution < -0.4 is 5.32 Å². The van der Waals surface area contributed by atoms with Gasteiger partial charge in [0, 0.05) is 11.8 Å². The van der Waals surface area contributed by atoms with Gasteiger partial charge in [-0.2, -0.15) is 26.3 Å². The maximum absolute atomic E-state index is 12.7. The van der Waals surface area contributed by atoms with Gasteiger partial charge in [0.15, 0.2) is 9.84 Å². The smallest absolute Gasteiger partial charge is 0.325 e. The Hall–Kier alpha value is -3.16. The number of carbonyl (C=O) groups is 1. The van der Waals surface area contributed by atoms with Crippen LogP contribution in [0.25, 0.3) is 0 Å². The average molecular weight is 456 g/mol. The largest absolute Gasteiger partial charge is 0.416 e. The molecule has 0 heterocycles. The molecule has 14 heteroatoms. The van der Waals surface area contributed by atoms with E-state index in [-0.39, 0.29) is 6.07 Å². The molecule has 0 bridgehead atoms. The number of carbonyl (C=O) groups excluding carboxylic acids is 1. The summed E-state index contributed by atoms with van der Waals surface area (Å²) in [4.78, 5) is 20.5. The van der Waals surface area contributed by atoms with Gasteiger partial charge in [0.1, 0.15) is 10.6 Å². The topological polar surface area (TPSA) is 106 Å². The predicted molar refractivity (Wildman–Crippen MR) is 90.2 cm³/mol. The second kappa shape index (κ2) is 7.93. The van der Waals surface area contributed by atoms with Crippen molar-refractivity contribution in [3.8, 4) is 0 Å². The molecule has 0 saturated carbocycles. The molecule has 1 N–H and O–H groups in total. The van der Waals surface area contributed by atoms with E-state index in [1.807, 2.05) is 5.32 Å². The molecule has 0 aliphatic heterocycles. The van der Waals surface area contributed by atoms with Crippen LogP contribution in [0.15, 0.2) is 47.4 Å². The molecule has 0 unspecified atom stereocenters. The first-order chi connectivity index (χ1) is 13.6. The van der Waals surface area contributed by atoms with E-state index in [1.165, 1.54) is 0 Å². The lowest BCUT2D eigenvalue weighted by Gasteiger charge is -2.11. The van der Waals surface area contributed by atoms with Crippen LogP contribution in [0.4, 0.5) is 37.7 Å². The summed E-state index contributed by atoms with van der Waals surface area (Å²) in [5.41, 5.74) is -4.38. The fraction of sp³-hybridized carbons (Fsp3) is 0.188. The fourth-order valence-electron chi connectivity index (χ4n) is 2.32. The van der Waals surface area contributed by atoms with Crippen molar-refractivity contribution in [2.24, 2.45) is 0 Å². The highest BCUT2D eigenvalue weighted by atomic mass is 32.2. The van der Waals surface area contributed by atoms with E-state index in [0.29, 0.717) is 24.3 Å². The maximum Gasteiger partial charge on any atom is 0.416 e. The number of hydrogen-bond donors (Lipinski definition) is 1. The molecule has 2 aromatic rings. The average Bonchev–Trinajstić information content (AvgIpc) is 2.59. The molecule has 0 atom stereocenters. The lowest BCUT2D eigenvalue weighted by atomic mass is 10.2. The zero-order valence-electron chi connectivity index (χ0n) is 14.4. The van der Waals surface area contributed by atoms with Crippen LogP contribution in [0.1, 0.15) is 11.1 Å². The lowest BCUT2D eigenvalue weighted by molar-refractivity contribution is -0.388. The number of anilines is 1. The van der Waals surface area contributed by atoms with E-state index >= 15 is 0 Å². The van der Waals surface area contributed by atoms with Gasteiger partial charge < -0.3 is 5.32 Å². The number of amides is 1. The van der Waals surface area contributed by atoms with Gasteiger partial charge in [-0.15, -0.1) is 0 Å². The van der Waals surface area contributed by atoms with Gasteiger partial charge in [0.25, 0.3) is 5.69 Å². The molecule has 0 fully saturated rings. The Morgan fingerprint density at radius 1 is 0.967 bits per heavy atom. The monoisotopic (exact) mass is 456 g/mol. The second-order valence-electron chi connectivity index (χ2n) is 5.82. The standard InChI is InChI=1S/C16H10F6N2O5S/c17-15(18,19)9-2-1-3-11(6-9)23-14(25)8-30(28,29)13-5-4-10(16(20,21)22)7-12(13)24(26)27/h1-7H,8H2,(H,23,25). The summed E-state index contributed by atoms with van der Waals surface area (Å²) < 4.78 is 101. The zero-order valence-corrected chi connectivity index (χ0v) is 15.2. The van der Waals surface area contributed by atoms with E-state index in [9.17, 15) is 49.7 Å². The second-order valence-corrected chi connectivity index (χ2v) is 7.78. The van der Waals surface area contributed by atoms with Crippen LogP contribution in [0.3, 0.4) is 0 Å². The molecule has 0 radical (unpaired) electrons. The van der Waals surface area contributed by atoms with Gasteiger partial charge in [-0.1, -0.05) is 6.07 Å². The summed E-state index contributed by atoms with van der Waals surface area (Å²) in [6.45, 7) is 0. The number of nitro groups is 1. The summed E-state index contributed by atoms with van der Waals surface area (Å²) in [6, 6.07) is 3.88. The molecule has 162 valence electrons. The molecule has 2 aromatic carbocycles. The summed E-state index contributed by atoms with van der Waals surface area (Å²) in [5.74, 6) is -2.79. The molecule has 2 rings (SSSR count). The fourth-order valence-corrected chi connectivity index (χ4v) is 3.62. The predicted octanol–water partition coefficient (Wildman–Crippen LogP) is 4.04. The maximum atomic E-state index is 12.7. The number of alkyl halides is 6. The van der Waals surface area contributed by atoms with Crippen molar-refractivity contribution >= 4 is 27.1 Å². The number of nitrogens with one attached hydrogen (secondary N) is 1. The number of sulfone groups is 1. The number of benzene rings is 2. The van der Waals surface area contributed by atoms with E-state index in [1.54, 1.807) is 0 Å². The lowest BCUT2D eigenvalue weighted by Crippen LogP contribution is -2.24. The van der Waals surface area contributed by atoms with Crippen molar-refractivity contribution in [2.45, 2.75) is 17.2 Å². The van der Waals surface area contributed by atoms with Crippen molar-refractivity contribution in [3.05, 3.63) is 63.7 Å². The van der Waals surface area contributed by atoms with Gasteiger partial charge in [-0.25, -0.2) is 8.42 Å². The Labute approximate surface area is 164 Å². The number of nitro benzene ring substituents is 1. The van der Waals surface area contributed by atoms with Gasteiger partial charge in [-0.05, 0) is 30.3 Å². The van der Waals surface area contributed by atoms with Crippen LogP contribution in [-0.4, -0.2) is 25.0 Å². The van der Waals surface area contributed by atoms with E-state index in [4.69, 9.17) is 0 Å². The van der Waals surface area contributed by atoms with E-state index in [0.717, 1.165) is 12.1 Å². The Bertz CT molecular complexity index is 1100. The minimum atomic E-state index is -4.98. The number of hydrogen-bond acceptors (Lipinski definition) is 5. The highest BCUT2D eigenvalue weighted by Crippen LogP contribution is 2.35. The molecule has 30 heavy (non-hydrogen) atoms. The zero-order chi connectivity index (χ0) is 22.9. The molecule has 1 amide bonds. The van der Waals surface area contributed by atoms with Crippen LogP contribution in [0, 0.1) is 10.1 Å². The van der Waals surface area contributed by atoms with Crippen molar-refractivity contribution in [1.29, 1.82) is 0 Å². The van der Waals surface area contributed by atoms with Crippen molar-refractivity contribution in [3.63, 3.8) is 0 Å². The van der Waals surface area contributed by atoms with Gasteiger partial charge in [-0.3, -0.25) is 14.9 Å². The van der Waals surface area contributed by atoms with Gasteiger partial charge in [0.2, 0.25) is 5.91 Å². The number of rotatable bonds is 5. The first kappa shape index (κ1) is 23.1. The number of nitrogens with zero attached hydrogens (tertiary/aromatic N) is 1. The summed E-state index contributed by atoms with van der Waals surface area (Å²) >= 11 is 0. The summed E-state index contributed by atoms with van der Waals surface area (Å²) in [7, 11) is -4.80. The molecule has 0 saturated heterocycles. The Morgan fingerprint density at radius 3 is 2.07 bits per heavy atom. The first-order valence-corrected chi connectivity index (χ1v) is 9.32. The quantitative estimate of drug-likeness (QED) is 0.415. The van der Waals surface area contributed by atoms with E-state index in [2.05, 4.69) is 0 Å².